The van der Waals surface area contributed by atoms with Crippen LogP contribution in [-0.4, -0.2) is 53.6 Å². The van der Waals surface area contributed by atoms with Crippen LogP contribution in [-0.2, 0) is 9.53 Å². The molecule has 0 aliphatic carbocycles. The average molecular weight is 298 g/mol. The van der Waals surface area contributed by atoms with Gasteiger partial charge in [-0.3, -0.25) is 4.79 Å². The van der Waals surface area contributed by atoms with Crippen LogP contribution < -0.4 is 0 Å². The summed E-state index contributed by atoms with van der Waals surface area (Å²) in [5.74, 6) is 0.151. The highest BCUT2D eigenvalue weighted by Crippen LogP contribution is 2.23. The quantitative estimate of drug-likeness (QED) is 0.748. The molecule has 5 nitrogen and oxygen atoms in total. The molecule has 0 atom stereocenters. The molecule has 0 aromatic heterocycles. The number of amides is 2. The summed E-state index contributed by atoms with van der Waals surface area (Å²) in [7, 11) is 1.86. The Hall–Kier alpha value is -1.26. The molecule has 1 aliphatic heterocycles. The van der Waals surface area contributed by atoms with Crippen molar-refractivity contribution in [2.45, 2.75) is 66.0 Å². The van der Waals surface area contributed by atoms with E-state index in [1.807, 2.05) is 53.5 Å². The molecule has 5 heteroatoms. The zero-order valence-corrected chi connectivity index (χ0v) is 14.5. The largest absolute Gasteiger partial charge is 0.444 e. The number of hydrogen-bond acceptors (Lipinski definition) is 3. The molecule has 0 bridgehead atoms. The maximum atomic E-state index is 12.3. The minimum atomic E-state index is -0.465. The van der Waals surface area contributed by atoms with Crippen LogP contribution in [0.4, 0.5) is 4.79 Å². The smallest absolute Gasteiger partial charge is 0.410 e. The van der Waals surface area contributed by atoms with Crippen molar-refractivity contribution in [2.24, 2.45) is 5.41 Å². The Bertz CT molecular complexity index is 385. The number of ether oxygens (including phenoxy) is 1. The van der Waals surface area contributed by atoms with Gasteiger partial charge in [-0.1, -0.05) is 20.8 Å². The van der Waals surface area contributed by atoms with Crippen LogP contribution in [0.5, 0.6) is 0 Å². The molecule has 2 amide bonds. The van der Waals surface area contributed by atoms with Crippen LogP contribution in [0.1, 0.15) is 54.4 Å². The van der Waals surface area contributed by atoms with Gasteiger partial charge in [0, 0.05) is 31.6 Å². The number of piperidine rings is 1. The number of hydrogen-bond donors (Lipinski definition) is 0. The number of nitrogens with zero attached hydrogens (tertiary/aromatic N) is 2. The Morgan fingerprint density at radius 3 is 1.90 bits per heavy atom. The summed E-state index contributed by atoms with van der Waals surface area (Å²) in [6.45, 7) is 12.7. The Balaban J connectivity index is 2.53. The normalized spacial score (nSPS) is 17.6. The highest BCUT2D eigenvalue weighted by Gasteiger charge is 2.33. The summed E-state index contributed by atoms with van der Waals surface area (Å²) < 4.78 is 5.38. The van der Waals surface area contributed by atoms with E-state index in [0.29, 0.717) is 13.1 Å². The van der Waals surface area contributed by atoms with E-state index >= 15 is 0 Å². The summed E-state index contributed by atoms with van der Waals surface area (Å²) in [6, 6.07) is 0.204. The molecule has 1 heterocycles. The Morgan fingerprint density at radius 1 is 1.05 bits per heavy atom. The van der Waals surface area contributed by atoms with E-state index in [-0.39, 0.29) is 23.5 Å². The van der Waals surface area contributed by atoms with E-state index in [2.05, 4.69) is 0 Å². The summed E-state index contributed by atoms with van der Waals surface area (Å²) in [4.78, 5) is 27.9. The van der Waals surface area contributed by atoms with Crippen molar-refractivity contribution in [1.82, 2.24) is 9.80 Å². The summed E-state index contributed by atoms with van der Waals surface area (Å²) in [5, 5.41) is 0. The molecule has 1 saturated heterocycles. The molecule has 0 N–H and O–H groups in total. The lowest BCUT2D eigenvalue weighted by atomic mass is 9.93. The van der Waals surface area contributed by atoms with Gasteiger partial charge in [-0.15, -0.1) is 0 Å². The summed E-state index contributed by atoms with van der Waals surface area (Å²) in [6.07, 6.45) is 1.35. The minimum Gasteiger partial charge on any atom is -0.444 e. The maximum Gasteiger partial charge on any atom is 0.410 e. The van der Waals surface area contributed by atoms with Crippen molar-refractivity contribution in [2.75, 3.05) is 20.1 Å². The van der Waals surface area contributed by atoms with Crippen molar-refractivity contribution in [1.29, 1.82) is 0 Å². The van der Waals surface area contributed by atoms with Crippen LogP contribution >= 0.6 is 0 Å². The SMILES string of the molecule is CN(C(=O)C(C)(C)C)C1CCN(C(=O)OC(C)(C)C)CC1. The molecule has 0 spiro atoms. The first-order valence-electron chi connectivity index (χ1n) is 7.67. The maximum absolute atomic E-state index is 12.3. The predicted molar refractivity (Wildman–Crippen MR) is 83.1 cm³/mol. The van der Waals surface area contributed by atoms with Crippen molar-refractivity contribution < 1.29 is 14.3 Å². The number of carbonyl (C=O) groups is 2. The highest BCUT2D eigenvalue weighted by molar-refractivity contribution is 5.81. The molecule has 1 aliphatic rings. The zero-order valence-electron chi connectivity index (χ0n) is 14.5. The summed E-state index contributed by atoms with van der Waals surface area (Å²) >= 11 is 0. The standard InChI is InChI=1S/C16H30N2O3/c1-15(2,3)13(19)17(7)12-8-10-18(11-9-12)14(20)21-16(4,5)6/h12H,8-11H2,1-7H3. The van der Waals surface area contributed by atoms with Crippen LogP contribution in [0.2, 0.25) is 0 Å². The lowest BCUT2D eigenvalue weighted by Crippen LogP contribution is -2.50. The van der Waals surface area contributed by atoms with Crippen LogP contribution in [0, 0.1) is 5.41 Å². The van der Waals surface area contributed by atoms with Crippen LogP contribution in [0.15, 0.2) is 0 Å². The number of carbonyl (C=O) groups excluding carboxylic acids is 2. The Kier molecular flexibility index (Phi) is 5.29. The predicted octanol–water partition coefficient (Wildman–Crippen LogP) is 2.89. The molecular formula is C16H30N2O3. The average Bonchev–Trinajstić information content (AvgIpc) is 2.34. The zero-order chi connectivity index (χ0) is 16.4. The molecule has 0 radical (unpaired) electrons. The Morgan fingerprint density at radius 2 is 1.52 bits per heavy atom. The van der Waals surface area contributed by atoms with E-state index in [1.165, 1.54) is 0 Å². The van der Waals surface area contributed by atoms with Gasteiger partial charge in [0.05, 0.1) is 0 Å². The molecule has 122 valence electrons. The molecule has 0 aromatic carbocycles. The molecule has 21 heavy (non-hydrogen) atoms. The van der Waals surface area contributed by atoms with Crippen LogP contribution in [0.25, 0.3) is 0 Å². The summed E-state index contributed by atoms with van der Waals surface area (Å²) in [5.41, 5.74) is -0.829. The molecular weight excluding hydrogens is 268 g/mol. The first-order chi connectivity index (χ1) is 9.42. The topological polar surface area (TPSA) is 49.9 Å². The van der Waals surface area contributed by atoms with Gasteiger partial charge in [-0.2, -0.15) is 0 Å². The highest BCUT2D eigenvalue weighted by atomic mass is 16.6. The van der Waals surface area contributed by atoms with Crippen LogP contribution in [0.3, 0.4) is 0 Å². The van der Waals surface area contributed by atoms with Gasteiger partial charge in [0.15, 0.2) is 0 Å². The first-order valence-corrected chi connectivity index (χ1v) is 7.67. The van der Waals surface area contributed by atoms with E-state index in [9.17, 15) is 9.59 Å². The third kappa shape index (κ3) is 5.21. The van der Waals surface area contributed by atoms with Crippen molar-refractivity contribution in [3.05, 3.63) is 0 Å². The molecule has 0 saturated carbocycles. The first kappa shape index (κ1) is 17.8. The van der Waals surface area contributed by atoms with E-state index in [4.69, 9.17) is 4.74 Å². The van der Waals surface area contributed by atoms with Crippen molar-refractivity contribution in [3.8, 4) is 0 Å². The molecule has 0 unspecified atom stereocenters. The van der Waals surface area contributed by atoms with Crippen molar-refractivity contribution in [3.63, 3.8) is 0 Å². The fraction of sp³-hybridized carbons (Fsp3) is 0.875. The third-order valence-electron chi connectivity index (χ3n) is 3.63. The van der Waals surface area contributed by atoms with Gasteiger partial charge < -0.3 is 14.5 Å². The molecule has 1 rings (SSSR count). The second-order valence-electron chi connectivity index (χ2n) is 7.86. The fourth-order valence-corrected chi connectivity index (χ4v) is 2.46. The second kappa shape index (κ2) is 6.24. The van der Waals surface area contributed by atoms with Gasteiger partial charge in [-0.05, 0) is 33.6 Å². The van der Waals surface area contributed by atoms with E-state index in [1.54, 1.807) is 4.90 Å². The fourth-order valence-electron chi connectivity index (χ4n) is 2.46. The lowest BCUT2D eigenvalue weighted by Gasteiger charge is -2.39. The number of rotatable bonds is 1. The second-order valence-corrected chi connectivity index (χ2v) is 7.86. The monoisotopic (exact) mass is 298 g/mol. The third-order valence-corrected chi connectivity index (χ3v) is 3.63. The number of likely N-dealkylation sites (tertiary alicyclic amines) is 1. The van der Waals surface area contributed by atoms with Gasteiger partial charge >= 0.3 is 6.09 Å². The minimum absolute atomic E-state index is 0.151. The Labute approximate surface area is 128 Å². The van der Waals surface area contributed by atoms with Gasteiger partial charge in [0.25, 0.3) is 0 Å². The van der Waals surface area contributed by atoms with Gasteiger partial charge in [0.1, 0.15) is 5.60 Å². The van der Waals surface area contributed by atoms with E-state index in [0.717, 1.165) is 12.8 Å². The van der Waals surface area contributed by atoms with E-state index < -0.39 is 5.60 Å². The lowest BCUT2D eigenvalue weighted by molar-refractivity contribution is -0.141. The van der Waals surface area contributed by atoms with Crippen molar-refractivity contribution >= 4 is 12.0 Å². The molecule has 0 aromatic rings. The van der Waals surface area contributed by atoms with Gasteiger partial charge in [-0.25, -0.2) is 4.79 Å². The molecule has 1 fully saturated rings. The van der Waals surface area contributed by atoms with Gasteiger partial charge in [0.2, 0.25) is 5.91 Å².